The Morgan fingerprint density at radius 2 is 2.14 bits per heavy atom. The second kappa shape index (κ2) is 9.46. The number of halogens is 1. The molecule has 0 aliphatic carbocycles. The van der Waals surface area contributed by atoms with Crippen LogP contribution in [0.1, 0.15) is 57.4 Å². The van der Waals surface area contributed by atoms with Gasteiger partial charge in [-0.05, 0) is 62.9 Å². The number of esters is 1. The SMILES string of the molecule is CCOC(=O)c1[nH]c(C)c(CN(C[C@H]2CCCO2)C(=O)c2cccc(Cl)c2)c1C. The van der Waals surface area contributed by atoms with Crippen molar-refractivity contribution in [2.45, 2.75) is 46.3 Å². The van der Waals surface area contributed by atoms with Crippen LogP contribution in [0.3, 0.4) is 0 Å². The van der Waals surface area contributed by atoms with Crippen molar-refractivity contribution in [2.24, 2.45) is 0 Å². The molecule has 0 saturated carbocycles. The standard InChI is InChI=1S/C22H27ClN2O4/c1-4-28-22(27)20-14(2)19(15(3)24-20)13-25(12-18-9-6-10-29-18)21(26)16-7-5-8-17(23)11-16/h5,7-8,11,18,24H,4,6,9-10,12-13H2,1-3H3/t18-/m1/s1. The first-order chi connectivity index (χ1) is 13.9. The molecule has 0 unspecified atom stereocenters. The van der Waals surface area contributed by atoms with Crippen molar-refractivity contribution in [3.05, 3.63) is 57.4 Å². The van der Waals surface area contributed by atoms with Crippen molar-refractivity contribution in [2.75, 3.05) is 19.8 Å². The molecule has 1 aliphatic rings. The quantitative estimate of drug-likeness (QED) is 0.681. The molecular weight excluding hydrogens is 392 g/mol. The molecule has 1 aliphatic heterocycles. The molecule has 156 valence electrons. The summed E-state index contributed by atoms with van der Waals surface area (Å²) in [6.07, 6.45) is 1.94. The lowest BCUT2D eigenvalue weighted by atomic mass is 10.1. The van der Waals surface area contributed by atoms with E-state index in [0.717, 1.165) is 36.3 Å². The number of rotatable bonds is 7. The molecule has 1 atom stereocenters. The van der Waals surface area contributed by atoms with E-state index in [1.807, 2.05) is 13.8 Å². The van der Waals surface area contributed by atoms with Crippen molar-refractivity contribution in [1.29, 1.82) is 0 Å². The van der Waals surface area contributed by atoms with E-state index in [-0.39, 0.29) is 18.0 Å². The van der Waals surface area contributed by atoms with Crippen LogP contribution in [0.4, 0.5) is 0 Å². The molecule has 1 amide bonds. The Kier molecular flexibility index (Phi) is 6.98. The fraction of sp³-hybridized carbons (Fsp3) is 0.455. The molecule has 1 N–H and O–H groups in total. The third-order valence-corrected chi connectivity index (χ3v) is 5.46. The van der Waals surface area contributed by atoms with Crippen LogP contribution < -0.4 is 0 Å². The number of benzene rings is 1. The zero-order valence-corrected chi connectivity index (χ0v) is 17.8. The van der Waals surface area contributed by atoms with Crippen LogP contribution in [0, 0.1) is 13.8 Å². The van der Waals surface area contributed by atoms with Gasteiger partial charge >= 0.3 is 5.97 Å². The summed E-state index contributed by atoms with van der Waals surface area (Å²) in [5.74, 6) is -0.494. The van der Waals surface area contributed by atoms with E-state index in [4.69, 9.17) is 21.1 Å². The number of nitrogens with zero attached hydrogens (tertiary/aromatic N) is 1. The summed E-state index contributed by atoms with van der Waals surface area (Å²) >= 11 is 6.09. The Bertz CT molecular complexity index is 887. The van der Waals surface area contributed by atoms with Gasteiger partial charge in [-0.3, -0.25) is 4.79 Å². The van der Waals surface area contributed by atoms with Gasteiger partial charge in [0, 0.05) is 36.0 Å². The highest BCUT2D eigenvalue weighted by Gasteiger charge is 2.26. The molecule has 0 spiro atoms. The highest BCUT2D eigenvalue weighted by molar-refractivity contribution is 6.30. The van der Waals surface area contributed by atoms with Crippen LogP contribution in [0.15, 0.2) is 24.3 Å². The van der Waals surface area contributed by atoms with Gasteiger partial charge in [0.1, 0.15) is 5.69 Å². The second-order valence-corrected chi connectivity index (χ2v) is 7.72. The normalized spacial score (nSPS) is 16.1. The number of aryl methyl sites for hydroxylation is 1. The maximum atomic E-state index is 13.3. The molecule has 3 rings (SSSR count). The van der Waals surface area contributed by atoms with Crippen molar-refractivity contribution in [3.8, 4) is 0 Å². The predicted molar refractivity (Wildman–Crippen MR) is 111 cm³/mol. The lowest BCUT2D eigenvalue weighted by Crippen LogP contribution is -2.37. The van der Waals surface area contributed by atoms with Crippen molar-refractivity contribution in [3.63, 3.8) is 0 Å². The average molecular weight is 419 g/mol. The third-order valence-electron chi connectivity index (χ3n) is 5.23. The fourth-order valence-electron chi connectivity index (χ4n) is 3.68. The molecule has 1 aromatic carbocycles. The monoisotopic (exact) mass is 418 g/mol. The predicted octanol–water partition coefficient (Wildman–Crippen LogP) is 4.28. The Hall–Kier alpha value is -2.31. The molecule has 1 saturated heterocycles. The van der Waals surface area contributed by atoms with Gasteiger partial charge in [-0.15, -0.1) is 0 Å². The van der Waals surface area contributed by atoms with Gasteiger partial charge in [0.2, 0.25) is 0 Å². The number of carbonyl (C=O) groups is 2. The number of H-pyrrole nitrogens is 1. The topological polar surface area (TPSA) is 71.6 Å². The number of hydrogen-bond acceptors (Lipinski definition) is 4. The van der Waals surface area contributed by atoms with Gasteiger partial charge in [-0.25, -0.2) is 4.79 Å². The first-order valence-corrected chi connectivity index (χ1v) is 10.3. The highest BCUT2D eigenvalue weighted by atomic mass is 35.5. The van der Waals surface area contributed by atoms with Crippen LogP contribution in [0.2, 0.25) is 5.02 Å². The number of hydrogen-bond donors (Lipinski definition) is 1. The summed E-state index contributed by atoms with van der Waals surface area (Å²) in [7, 11) is 0. The second-order valence-electron chi connectivity index (χ2n) is 7.28. The zero-order valence-electron chi connectivity index (χ0n) is 17.1. The van der Waals surface area contributed by atoms with Gasteiger partial charge in [-0.2, -0.15) is 0 Å². The van der Waals surface area contributed by atoms with E-state index < -0.39 is 0 Å². The summed E-state index contributed by atoms with van der Waals surface area (Å²) in [5, 5.41) is 0.520. The first-order valence-electron chi connectivity index (χ1n) is 9.92. The van der Waals surface area contributed by atoms with Gasteiger partial charge in [0.25, 0.3) is 5.91 Å². The molecule has 6 nitrogen and oxygen atoms in total. The molecule has 29 heavy (non-hydrogen) atoms. The maximum Gasteiger partial charge on any atom is 0.355 e. The van der Waals surface area contributed by atoms with E-state index in [9.17, 15) is 9.59 Å². The molecule has 2 heterocycles. The minimum atomic E-state index is -0.383. The van der Waals surface area contributed by atoms with Crippen molar-refractivity contribution < 1.29 is 19.1 Å². The van der Waals surface area contributed by atoms with Crippen LogP contribution in [0.5, 0.6) is 0 Å². The van der Waals surface area contributed by atoms with E-state index in [0.29, 0.717) is 36.0 Å². The van der Waals surface area contributed by atoms with E-state index in [1.165, 1.54) is 0 Å². The molecule has 0 radical (unpaired) electrons. The smallest absolute Gasteiger partial charge is 0.355 e. The van der Waals surface area contributed by atoms with Gasteiger partial charge in [0.05, 0.1) is 12.7 Å². The lowest BCUT2D eigenvalue weighted by molar-refractivity contribution is 0.0506. The van der Waals surface area contributed by atoms with Crippen molar-refractivity contribution >= 4 is 23.5 Å². The number of ether oxygens (including phenoxy) is 2. The average Bonchev–Trinajstić information content (AvgIpc) is 3.30. The first kappa shape index (κ1) is 21.4. The Balaban J connectivity index is 1.89. The Labute approximate surface area is 176 Å². The lowest BCUT2D eigenvalue weighted by Gasteiger charge is -2.26. The number of nitrogens with one attached hydrogen (secondary N) is 1. The summed E-state index contributed by atoms with van der Waals surface area (Å²) < 4.78 is 10.9. The molecule has 2 aromatic rings. The Morgan fingerprint density at radius 3 is 2.79 bits per heavy atom. The molecule has 0 bridgehead atoms. The largest absolute Gasteiger partial charge is 0.461 e. The summed E-state index contributed by atoms with van der Waals surface area (Å²) in [4.78, 5) is 30.4. The summed E-state index contributed by atoms with van der Waals surface area (Å²) in [6, 6.07) is 6.95. The van der Waals surface area contributed by atoms with Crippen molar-refractivity contribution in [1.82, 2.24) is 9.88 Å². The fourth-order valence-corrected chi connectivity index (χ4v) is 3.87. The van der Waals surface area contributed by atoms with Crippen LogP contribution in [-0.4, -0.2) is 47.6 Å². The van der Waals surface area contributed by atoms with Crippen LogP contribution in [-0.2, 0) is 16.0 Å². The number of aromatic amines is 1. The number of aromatic nitrogens is 1. The van der Waals surface area contributed by atoms with Gasteiger partial charge < -0.3 is 19.4 Å². The van der Waals surface area contributed by atoms with Crippen LogP contribution >= 0.6 is 11.6 Å². The minimum absolute atomic E-state index is 0.0159. The molecular formula is C22H27ClN2O4. The highest BCUT2D eigenvalue weighted by Crippen LogP contribution is 2.24. The number of carbonyl (C=O) groups excluding carboxylic acids is 2. The summed E-state index contributed by atoms with van der Waals surface area (Å²) in [6.45, 7) is 7.45. The van der Waals surface area contributed by atoms with E-state index in [2.05, 4.69) is 4.98 Å². The molecule has 7 heteroatoms. The van der Waals surface area contributed by atoms with Gasteiger partial charge in [-0.1, -0.05) is 17.7 Å². The summed E-state index contributed by atoms with van der Waals surface area (Å²) in [5.41, 5.74) is 3.54. The number of amides is 1. The van der Waals surface area contributed by atoms with Crippen LogP contribution in [0.25, 0.3) is 0 Å². The third kappa shape index (κ3) is 5.00. The molecule has 1 aromatic heterocycles. The minimum Gasteiger partial charge on any atom is -0.461 e. The maximum absolute atomic E-state index is 13.3. The van der Waals surface area contributed by atoms with E-state index >= 15 is 0 Å². The Morgan fingerprint density at radius 1 is 1.34 bits per heavy atom. The molecule has 1 fully saturated rings. The van der Waals surface area contributed by atoms with E-state index in [1.54, 1.807) is 36.1 Å². The zero-order chi connectivity index (χ0) is 21.0. The van der Waals surface area contributed by atoms with Gasteiger partial charge in [0.15, 0.2) is 0 Å².